The Kier molecular flexibility index (Phi) is 14.2. The third-order valence-electron chi connectivity index (χ3n) is 5.52. The van der Waals surface area contributed by atoms with Gasteiger partial charge in [-0.1, -0.05) is 23.7 Å². The minimum absolute atomic E-state index is 0.0640. The third-order valence-corrected chi connectivity index (χ3v) is 7.03. The van der Waals surface area contributed by atoms with Crippen LogP contribution in [-0.4, -0.2) is 85.6 Å². The molecule has 3 rings (SSSR count). The molecule has 13 nitrogen and oxygen atoms in total. The van der Waals surface area contributed by atoms with E-state index < -0.39 is 5.97 Å². The fraction of sp³-hybridized carbons (Fsp3) is 0.609. The molecule has 2 fully saturated rings. The molecule has 2 heterocycles. The van der Waals surface area contributed by atoms with E-state index in [0.29, 0.717) is 56.0 Å². The molecule has 0 aliphatic carbocycles. The van der Waals surface area contributed by atoms with E-state index in [1.165, 1.54) is 0 Å². The van der Waals surface area contributed by atoms with Crippen LogP contribution >= 0.6 is 11.8 Å². The molecular formula is C23H35N7O6S. The number of hydrogen-bond acceptors (Lipinski definition) is 8. The highest BCUT2D eigenvalue weighted by molar-refractivity contribution is 8.00. The minimum Gasteiger partial charge on any atom is -0.481 e. The maximum Gasteiger partial charge on any atom is 0.315 e. The van der Waals surface area contributed by atoms with Crippen molar-refractivity contribution in [2.75, 3.05) is 45.3 Å². The van der Waals surface area contributed by atoms with Gasteiger partial charge in [0.05, 0.1) is 38.5 Å². The van der Waals surface area contributed by atoms with Crippen molar-refractivity contribution in [3.8, 4) is 0 Å². The van der Waals surface area contributed by atoms with Crippen LogP contribution in [0.5, 0.6) is 0 Å². The molecule has 3 atom stereocenters. The zero-order chi connectivity index (χ0) is 26.9. The number of benzene rings is 1. The lowest BCUT2D eigenvalue weighted by Crippen LogP contribution is -2.36. The van der Waals surface area contributed by atoms with E-state index in [1.54, 1.807) is 24.3 Å². The zero-order valence-corrected chi connectivity index (χ0v) is 21.5. The van der Waals surface area contributed by atoms with E-state index in [1.807, 2.05) is 11.8 Å². The number of nitrogens with one attached hydrogen (secondary N) is 3. The number of azide groups is 1. The van der Waals surface area contributed by atoms with Gasteiger partial charge in [0.25, 0.3) is 5.91 Å². The lowest BCUT2D eigenvalue weighted by Gasteiger charge is -2.16. The van der Waals surface area contributed by atoms with Crippen LogP contribution < -0.4 is 21.7 Å². The Morgan fingerprint density at radius 3 is 2.57 bits per heavy atom. The lowest BCUT2D eigenvalue weighted by molar-refractivity contribution is -0.137. The van der Waals surface area contributed by atoms with Crippen LogP contribution in [0.4, 0.5) is 10.5 Å². The lowest BCUT2D eigenvalue weighted by atomic mass is 10.0. The number of fused-ring (bicyclic) bond motifs is 1. The molecule has 204 valence electrons. The fourth-order valence-corrected chi connectivity index (χ4v) is 5.28. The number of hydrogen-bond donors (Lipinski definition) is 5. The molecule has 2 saturated heterocycles. The standard InChI is InChI=1S/C13H19N5O3.C10H16N2O3S/c14-5-7-20-9-10-21-8-6-16-13(19)11-1-3-12(4-2-11)17-18-15;13-8(14)4-2-1-3-7-9-6(5-16-7)11-10(15)12-9/h1-4H,5-10,14H2,(H,16,19);6-7,9H,1-5H2,(H,13,14)(H2,11,12,15)/t;6-,7-,9-/m.0/s1. The third kappa shape index (κ3) is 11.7. The van der Waals surface area contributed by atoms with E-state index in [9.17, 15) is 14.4 Å². The number of urea groups is 1. The number of thioether (sulfide) groups is 1. The normalized spacial score (nSPS) is 19.5. The van der Waals surface area contributed by atoms with E-state index >= 15 is 0 Å². The number of unbranched alkanes of at least 4 members (excludes halogenated alkanes) is 1. The van der Waals surface area contributed by atoms with Crippen LogP contribution in [0.15, 0.2) is 29.4 Å². The Labute approximate surface area is 219 Å². The topological polar surface area (TPSA) is 201 Å². The molecule has 37 heavy (non-hydrogen) atoms. The summed E-state index contributed by atoms with van der Waals surface area (Å²) >= 11 is 1.87. The molecule has 0 radical (unpaired) electrons. The van der Waals surface area contributed by atoms with Gasteiger partial charge in [-0.2, -0.15) is 11.8 Å². The maximum atomic E-state index is 11.8. The molecule has 14 heteroatoms. The van der Waals surface area contributed by atoms with Gasteiger partial charge in [-0.05, 0) is 30.5 Å². The second-order valence-corrected chi connectivity index (χ2v) is 9.54. The maximum absolute atomic E-state index is 11.8. The summed E-state index contributed by atoms with van der Waals surface area (Å²) in [6, 6.07) is 6.80. The van der Waals surface area contributed by atoms with Gasteiger partial charge in [-0.25, -0.2) is 4.79 Å². The Morgan fingerprint density at radius 1 is 1.16 bits per heavy atom. The molecule has 2 aliphatic heterocycles. The minimum atomic E-state index is -0.729. The first-order valence-electron chi connectivity index (χ1n) is 12.1. The van der Waals surface area contributed by atoms with Crippen LogP contribution in [0.25, 0.3) is 10.4 Å². The second kappa shape index (κ2) is 17.4. The number of nitrogens with zero attached hydrogens (tertiary/aromatic N) is 3. The number of amides is 3. The van der Waals surface area contributed by atoms with Crippen molar-refractivity contribution in [1.29, 1.82) is 0 Å². The molecule has 3 amide bonds. The molecular weight excluding hydrogens is 502 g/mol. The van der Waals surface area contributed by atoms with Crippen LogP contribution in [-0.2, 0) is 14.3 Å². The summed E-state index contributed by atoms with van der Waals surface area (Å²) in [5.74, 6) is 0.0331. The van der Waals surface area contributed by atoms with Gasteiger partial charge in [0.15, 0.2) is 0 Å². The zero-order valence-electron chi connectivity index (χ0n) is 20.6. The van der Waals surface area contributed by atoms with Gasteiger partial charge in [-0.3, -0.25) is 9.59 Å². The number of nitrogens with two attached hydrogens (primary N) is 1. The van der Waals surface area contributed by atoms with Crippen molar-refractivity contribution >= 4 is 35.4 Å². The van der Waals surface area contributed by atoms with E-state index in [2.05, 4.69) is 26.0 Å². The average molecular weight is 538 g/mol. The molecule has 0 spiro atoms. The van der Waals surface area contributed by atoms with Gasteiger partial charge in [0.2, 0.25) is 0 Å². The van der Waals surface area contributed by atoms with Crippen LogP contribution in [0, 0.1) is 0 Å². The van der Waals surface area contributed by atoms with Gasteiger partial charge >= 0.3 is 12.0 Å². The van der Waals surface area contributed by atoms with Gasteiger partial charge in [0, 0.05) is 46.7 Å². The molecule has 2 aliphatic rings. The predicted molar refractivity (Wildman–Crippen MR) is 140 cm³/mol. The molecule has 0 bridgehead atoms. The Morgan fingerprint density at radius 2 is 1.89 bits per heavy atom. The largest absolute Gasteiger partial charge is 0.481 e. The van der Waals surface area contributed by atoms with E-state index in [-0.39, 0.29) is 30.4 Å². The Balaban J connectivity index is 0.000000269. The van der Waals surface area contributed by atoms with Crippen LogP contribution in [0.3, 0.4) is 0 Å². The number of aliphatic carboxylic acids is 1. The molecule has 6 N–H and O–H groups in total. The molecule has 1 aromatic carbocycles. The number of carbonyl (C=O) groups excluding carboxylic acids is 2. The van der Waals surface area contributed by atoms with Gasteiger partial charge < -0.3 is 36.3 Å². The van der Waals surface area contributed by atoms with Crippen molar-refractivity contribution in [3.05, 3.63) is 40.3 Å². The summed E-state index contributed by atoms with van der Waals surface area (Å²) in [6.07, 6.45) is 2.88. The first-order valence-corrected chi connectivity index (χ1v) is 13.2. The van der Waals surface area contributed by atoms with Crippen LogP contribution in [0.1, 0.15) is 36.0 Å². The van der Waals surface area contributed by atoms with Crippen molar-refractivity contribution in [2.45, 2.75) is 43.0 Å². The van der Waals surface area contributed by atoms with E-state index in [0.717, 1.165) is 25.0 Å². The number of carboxylic acids is 1. The summed E-state index contributed by atoms with van der Waals surface area (Å²) in [6.45, 7) is 2.80. The van der Waals surface area contributed by atoms with Crippen molar-refractivity contribution in [1.82, 2.24) is 16.0 Å². The average Bonchev–Trinajstić information content (AvgIpc) is 3.43. The predicted octanol–water partition coefficient (Wildman–Crippen LogP) is 2.15. The summed E-state index contributed by atoms with van der Waals surface area (Å²) in [5, 5.41) is 20.9. The van der Waals surface area contributed by atoms with Gasteiger partial charge in [0.1, 0.15) is 0 Å². The first kappa shape index (κ1) is 30.2. The van der Waals surface area contributed by atoms with Crippen molar-refractivity contribution in [3.63, 3.8) is 0 Å². The monoisotopic (exact) mass is 537 g/mol. The molecule has 0 aromatic heterocycles. The number of rotatable bonds is 15. The second-order valence-electron chi connectivity index (χ2n) is 8.27. The smallest absolute Gasteiger partial charge is 0.315 e. The summed E-state index contributed by atoms with van der Waals surface area (Å²) in [7, 11) is 0. The van der Waals surface area contributed by atoms with E-state index in [4.69, 9.17) is 25.8 Å². The molecule has 1 aromatic rings. The molecule has 0 unspecified atom stereocenters. The van der Waals surface area contributed by atoms with Gasteiger partial charge in [-0.15, -0.1) is 0 Å². The fourth-order valence-electron chi connectivity index (χ4n) is 3.74. The number of carboxylic acid groups (broad SMARTS) is 1. The summed E-state index contributed by atoms with van der Waals surface area (Å²) < 4.78 is 10.4. The Hall–Kier alpha value is -3.03. The van der Waals surface area contributed by atoms with Crippen molar-refractivity contribution < 1.29 is 29.0 Å². The highest BCUT2D eigenvalue weighted by Gasteiger charge is 2.42. The summed E-state index contributed by atoms with van der Waals surface area (Å²) in [4.78, 5) is 35.9. The number of ether oxygens (including phenoxy) is 2. The Bertz CT molecular complexity index is 913. The summed E-state index contributed by atoms with van der Waals surface area (Å²) in [5.41, 5.74) is 14.5. The SMILES string of the molecule is O=C(O)CCCC[C@@H]1SC[C@@H]2NC(=O)N[C@@H]21.[N-]=[N+]=Nc1ccc(C(=O)NCCOCCOCCN)cc1. The quantitative estimate of drug-likeness (QED) is 0.0736. The number of carbonyl (C=O) groups is 3. The molecule has 0 saturated carbocycles. The highest BCUT2D eigenvalue weighted by Crippen LogP contribution is 2.33. The van der Waals surface area contributed by atoms with Crippen LogP contribution in [0.2, 0.25) is 0 Å². The first-order chi connectivity index (χ1) is 17.9. The highest BCUT2D eigenvalue weighted by atomic mass is 32.2. The van der Waals surface area contributed by atoms with Crippen molar-refractivity contribution in [2.24, 2.45) is 10.8 Å².